The molecular formula is C9H16BrNO4S. The molecule has 0 amide bonds. The normalized spacial score (nSPS) is 27.3. The summed E-state index contributed by atoms with van der Waals surface area (Å²) >= 11 is 3.23. The van der Waals surface area contributed by atoms with Gasteiger partial charge < -0.3 is 4.74 Å². The highest BCUT2D eigenvalue weighted by Crippen LogP contribution is 2.14. The Bertz CT molecular complexity index is 357. The van der Waals surface area contributed by atoms with E-state index in [1.165, 1.54) is 7.11 Å². The van der Waals surface area contributed by atoms with Crippen LogP contribution < -0.4 is 0 Å². The van der Waals surface area contributed by atoms with Crippen molar-refractivity contribution in [2.45, 2.75) is 17.8 Å². The van der Waals surface area contributed by atoms with Crippen LogP contribution in [0.5, 0.6) is 0 Å². The molecule has 0 N–H and O–H groups in total. The fraction of sp³-hybridized carbons (Fsp3) is 0.889. The molecule has 7 heteroatoms. The summed E-state index contributed by atoms with van der Waals surface area (Å²) in [7, 11) is -1.57. The van der Waals surface area contributed by atoms with E-state index >= 15 is 0 Å². The molecule has 1 aliphatic rings. The van der Waals surface area contributed by atoms with Crippen LogP contribution in [0.1, 0.15) is 6.92 Å². The summed E-state index contributed by atoms with van der Waals surface area (Å²) in [6.07, 6.45) is 0. The number of ether oxygens (including phenoxy) is 1. The van der Waals surface area contributed by atoms with Gasteiger partial charge in [0.1, 0.15) is 4.83 Å². The van der Waals surface area contributed by atoms with Crippen LogP contribution in [0, 0.1) is 0 Å². The quantitative estimate of drug-likeness (QED) is 0.544. The van der Waals surface area contributed by atoms with Gasteiger partial charge in [0.05, 0.1) is 18.6 Å². The zero-order valence-corrected chi connectivity index (χ0v) is 11.8. The standard InChI is InChI=1S/C9H16BrNO4S/c1-7-6-16(13,14)4-3-11(7)5-8(10)9(12)15-2/h7-8H,3-6H2,1-2H3. The van der Waals surface area contributed by atoms with Gasteiger partial charge in [0.2, 0.25) is 0 Å². The van der Waals surface area contributed by atoms with Crippen molar-refractivity contribution in [3.05, 3.63) is 0 Å². The van der Waals surface area contributed by atoms with Crippen LogP contribution in [0.15, 0.2) is 0 Å². The molecule has 0 aromatic heterocycles. The zero-order valence-electron chi connectivity index (χ0n) is 9.35. The molecule has 1 aliphatic heterocycles. The van der Waals surface area contributed by atoms with E-state index in [9.17, 15) is 13.2 Å². The number of nitrogens with zero attached hydrogens (tertiary/aromatic N) is 1. The highest BCUT2D eigenvalue weighted by molar-refractivity contribution is 9.10. The fourth-order valence-corrected chi connectivity index (χ4v) is 3.90. The van der Waals surface area contributed by atoms with Crippen LogP contribution in [0.4, 0.5) is 0 Å². The molecule has 0 spiro atoms. The molecular weight excluding hydrogens is 298 g/mol. The molecule has 0 aromatic carbocycles. The van der Waals surface area contributed by atoms with E-state index in [4.69, 9.17) is 0 Å². The van der Waals surface area contributed by atoms with Gasteiger partial charge in [-0.15, -0.1) is 0 Å². The summed E-state index contributed by atoms with van der Waals surface area (Å²) in [5.74, 6) is -0.00723. The van der Waals surface area contributed by atoms with E-state index in [2.05, 4.69) is 20.7 Å². The van der Waals surface area contributed by atoms with Crippen molar-refractivity contribution in [2.75, 3.05) is 31.7 Å². The van der Waals surface area contributed by atoms with Gasteiger partial charge in [0.15, 0.2) is 9.84 Å². The summed E-state index contributed by atoms with van der Waals surface area (Å²) < 4.78 is 27.3. The Hall–Kier alpha value is -0.140. The Labute approximate surface area is 104 Å². The van der Waals surface area contributed by atoms with Gasteiger partial charge in [0.25, 0.3) is 0 Å². The van der Waals surface area contributed by atoms with E-state index in [1.807, 2.05) is 11.8 Å². The molecule has 0 saturated carbocycles. The molecule has 0 aromatic rings. The first-order valence-electron chi connectivity index (χ1n) is 5.02. The number of rotatable bonds is 3. The van der Waals surface area contributed by atoms with Crippen molar-refractivity contribution in [1.82, 2.24) is 4.90 Å². The summed E-state index contributed by atoms with van der Waals surface area (Å²) in [5, 5.41) is 0. The summed E-state index contributed by atoms with van der Waals surface area (Å²) in [6, 6.07) is -0.0524. The van der Waals surface area contributed by atoms with Crippen molar-refractivity contribution in [2.24, 2.45) is 0 Å². The lowest BCUT2D eigenvalue weighted by Gasteiger charge is -2.33. The van der Waals surface area contributed by atoms with Gasteiger partial charge in [-0.3, -0.25) is 9.69 Å². The Balaban J connectivity index is 2.54. The summed E-state index contributed by atoms with van der Waals surface area (Å²) in [6.45, 7) is 2.81. The number of carbonyl (C=O) groups is 1. The number of methoxy groups -OCH3 is 1. The number of carbonyl (C=O) groups excluding carboxylic acids is 1. The van der Waals surface area contributed by atoms with Crippen molar-refractivity contribution >= 4 is 31.7 Å². The average molecular weight is 314 g/mol. The van der Waals surface area contributed by atoms with Crippen LogP contribution in [-0.4, -0.2) is 61.9 Å². The lowest BCUT2D eigenvalue weighted by atomic mass is 10.3. The monoisotopic (exact) mass is 313 g/mol. The predicted molar refractivity (Wildman–Crippen MR) is 64.4 cm³/mol. The molecule has 1 saturated heterocycles. The van der Waals surface area contributed by atoms with E-state index < -0.39 is 14.7 Å². The third-order valence-electron chi connectivity index (χ3n) is 2.66. The number of esters is 1. The maximum atomic E-state index is 11.4. The maximum absolute atomic E-state index is 11.4. The van der Waals surface area contributed by atoms with Crippen molar-refractivity contribution in [3.8, 4) is 0 Å². The van der Waals surface area contributed by atoms with Gasteiger partial charge in [0, 0.05) is 19.1 Å². The molecule has 0 radical (unpaired) electrons. The summed E-state index contributed by atoms with van der Waals surface area (Å²) in [5.41, 5.74) is 0. The van der Waals surface area contributed by atoms with Crippen molar-refractivity contribution in [3.63, 3.8) is 0 Å². The Morgan fingerprint density at radius 2 is 2.25 bits per heavy atom. The minimum atomic E-state index is -2.90. The minimum absolute atomic E-state index is 0.0524. The molecule has 94 valence electrons. The van der Waals surface area contributed by atoms with E-state index in [1.54, 1.807) is 0 Å². The maximum Gasteiger partial charge on any atom is 0.320 e. The van der Waals surface area contributed by atoms with Crippen LogP contribution in [0.2, 0.25) is 0 Å². The van der Waals surface area contributed by atoms with E-state index in [0.717, 1.165) is 0 Å². The first kappa shape index (κ1) is 13.9. The number of sulfone groups is 1. The molecule has 0 bridgehead atoms. The van der Waals surface area contributed by atoms with Crippen LogP contribution in [0.25, 0.3) is 0 Å². The molecule has 16 heavy (non-hydrogen) atoms. The molecule has 1 heterocycles. The lowest BCUT2D eigenvalue weighted by Crippen LogP contribution is -2.49. The molecule has 1 rings (SSSR count). The van der Waals surface area contributed by atoms with Crippen LogP contribution >= 0.6 is 15.9 Å². The van der Waals surface area contributed by atoms with E-state index in [-0.39, 0.29) is 23.5 Å². The van der Waals surface area contributed by atoms with E-state index in [0.29, 0.717) is 13.1 Å². The first-order chi connectivity index (χ1) is 7.35. The van der Waals surface area contributed by atoms with Crippen LogP contribution in [0.3, 0.4) is 0 Å². The number of hydrogen-bond donors (Lipinski definition) is 0. The highest BCUT2D eigenvalue weighted by Gasteiger charge is 2.30. The third-order valence-corrected chi connectivity index (χ3v) is 5.12. The molecule has 2 unspecified atom stereocenters. The average Bonchev–Trinajstić information content (AvgIpc) is 2.20. The predicted octanol–water partition coefficient (Wildman–Crippen LogP) is 0.0418. The second-order valence-corrected chi connectivity index (χ2v) is 7.28. The van der Waals surface area contributed by atoms with Crippen molar-refractivity contribution < 1.29 is 17.9 Å². The second kappa shape index (κ2) is 5.46. The topological polar surface area (TPSA) is 63.7 Å². The smallest absolute Gasteiger partial charge is 0.320 e. The summed E-state index contributed by atoms with van der Waals surface area (Å²) in [4.78, 5) is 12.8. The van der Waals surface area contributed by atoms with Gasteiger partial charge in [-0.1, -0.05) is 15.9 Å². The number of halogens is 1. The number of alkyl halides is 1. The number of hydrogen-bond acceptors (Lipinski definition) is 5. The van der Waals surface area contributed by atoms with Gasteiger partial charge in [-0.25, -0.2) is 8.42 Å². The Morgan fingerprint density at radius 3 is 2.75 bits per heavy atom. The minimum Gasteiger partial charge on any atom is -0.468 e. The Morgan fingerprint density at radius 1 is 1.62 bits per heavy atom. The Kier molecular flexibility index (Phi) is 4.75. The second-order valence-electron chi connectivity index (χ2n) is 3.95. The first-order valence-corrected chi connectivity index (χ1v) is 7.76. The molecule has 1 fully saturated rings. The molecule has 5 nitrogen and oxygen atoms in total. The third kappa shape index (κ3) is 3.71. The molecule has 0 aliphatic carbocycles. The SMILES string of the molecule is COC(=O)C(Br)CN1CCS(=O)(=O)CC1C. The van der Waals surface area contributed by atoms with Gasteiger partial charge >= 0.3 is 5.97 Å². The molecule has 2 atom stereocenters. The van der Waals surface area contributed by atoms with Crippen molar-refractivity contribution in [1.29, 1.82) is 0 Å². The largest absolute Gasteiger partial charge is 0.468 e. The zero-order chi connectivity index (χ0) is 12.3. The fourth-order valence-electron chi connectivity index (χ4n) is 1.71. The lowest BCUT2D eigenvalue weighted by molar-refractivity contribution is -0.140. The highest BCUT2D eigenvalue weighted by atomic mass is 79.9. The van der Waals surface area contributed by atoms with Crippen LogP contribution in [-0.2, 0) is 19.4 Å². The van der Waals surface area contributed by atoms with Gasteiger partial charge in [-0.2, -0.15) is 0 Å². The van der Waals surface area contributed by atoms with Gasteiger partial charge in [-0.05, 0) is 6.92 Å².